The Morgan fingerprint density at radius 1 is 0.800 bits per heavy atom. The fraction of sp³-hybridized carbons (Fsp3) is 1.00. The van der Waals surface area contributed by atoms with Crippen LogP contribution in [-0.2, 0) is 9.47 Å². The second-order valence-electron chi connectivity index (χ2n) is 4.69. The molecule has 0 saturated heterocycles. The largest absolute Gasteiger partial charge is 0.355 e. The van der Waals surface area contributed by atoms with Crippen molar-refractivity contribution in [3.05, 3.63) is 0 Å². The number of hydrogen-bond acceptors (Lipinski definition) is 5. The summed E-state index contributed by atoms with van der Waals surface area (Å²) >= 11 is 1.99. The van der Waals surface area contributed by atoms with Gasteiger partial charge in [0.05, 0.1) is 0 Å². The van der Waals surface area contributed by atoms with E-state index in [4.69, 9.17) is 9.47 Å². The zero-order valence-corrected chi connectivity index (χ0v) is 14.2. The van der Waals surface area contributed by atoms with Gasteiger partial charge in [-0.15, -0.1) is 0 Å². The third kappa shape index (κ3) is 18.2. The summed E-state index contributed by atoms with van der Waals surface area (Å²) in [7, 11) is 0. The van der Waals surface area contributed by atoms with E-state index in [2.05, 4.69) is 24.5 Å². The molecule has 0 heterocycles. The van der Waals surface area contributed by atoms with Crippen LogP contribution < -0.4 is 10.6 Å². The normalized spacial score (nSPS) is 11.1. The van der Waals surface area contributed by atoms with E-state index in [9.17, 15) is 0 Å². The Morgan fingerprint density at radius 2 is 1.50 bits per heavy atom. The summed E-state index contributed by atoms with van der Waals surface area (Å²) in [5.74, 6) is 2.45. The van der Waals surface area contributed by atoms with Crippen LogP contribution in [0.2, 0.25) is 0 Å². The van der Waals surface area contributed by atoms with Gasteiger partial charge in [0.2, 0.25) is 0 Å². The average molecular weight is 307 g/mol. The first-order valence-corrected chi connectivity index (χ1v) is 9.22. The summed E-state index contributed by atoms with van der Waals surface area (Å²) in [5, 5.41) is 6.93. The van der Waals surface area contributed by atoms with Crippen molar-refractivity contribution in [1.29, 1.82) is 0 Å². The van der Waals surface area contributed by atoms with E-state index in [0.29, 0.717) is 6.79 Å². The number of hydrogen-bond donors (Lipinski definition) is 2. The van der Waals surface area contributed by atoms with Gasteiger partial charge in [-0.2, -0.15) is 11.8 Å². The van der Waals surface area contributed by atoms with Crippen molar-refractivity contribution >= 4 is 11.8 Å². The molecule has 0 atom stereocenters. The highest BCUT2D eigenvalue weighted by atomic mass is 32.2. The fourth-order valence-corrected chi connectivity index (χ4v) is 2.23. The lowest BCUT2D eigenvalue weighted by atomic mass is 10.3. The molecule has 0 aliphatic heterocycles. The van der Waals surface area contributed by atoms with E-state index in [1.54, 1.807) is 0 Å². The van der Waals surface area contributed by atoms with Gasteiger partial charge < -0.3 is 20.1 Å². The number of rotatable bonds is 17. The third-order valence-electron chi connectivity index (χ3n) is 2.74. The lowest BCUT2D eigenvalue weighted by Gasteiger charge is -2.07. The zero-order valence-electron chi connectivity index (χ0n) is 13.4. The van der Waals surface area contributed by atoms with E-state index in [1.165, 1.54) is 24.3 Å². The predicted molar refractivity (Wildman–Crippen MR) is 89.7 cm³/mol. The molecule has 0 amide bonds. The van der Waals surface area contributed by atoms with E-state index in [-0.39, 0.29) is 0 Å². The first kappa shape index (κ1) is 20.2. The second-order valence-corrected chi connectivity index (χ2v) is 6.09. The highest BCUT2D eigenvalue weighted by Gasteiger charge is 1.92. The lowest BCUT2D eigenvalue weighted by Crippen LogP contribution is -2.24. The Bertz CT molecular complexity index is 156. The maximum atomic E-state index is 5.37. The molecule has 0 aliphatic rings. The molecule has 0 rings (SSSR count). The van der Waals surface area contributed by atoms with Crippen molar-refractivity contribution < 1.29 is 9.47 Å². The van der Waals surface area contributed by atoms with Crippen molar-refractivity contribution in [2.75, 3.05) is 57.7 Å². The van der Waals surface area contributed by atoms with Crippen LogP contribution in [0, 0.1) is 0 Å². The van der Waals surface area contributed by atoms with E-state index in [1.807, 2.05) is 11.8 Å². The topological polar surface area (TPSA) is 42.5 Å². The van der Waals surface area contributed by atoms with E-state index in [0.717, 1.165) is 52.2 Å². The molecule has 0 bridgehead atoms. The molecule has 20 heavy (non-hydrogen) atoms. The van der Waals surface area contributed by atoms with Crippen LogP contribution in [0.3, 0.4) is 0 Å². The molecule has 0 saturated carbocycles. The zero-order chi connectivity index (χ0) is 14.7. The minimum atomic E-state index is 0.448. The minimum absolute atomic E-state index is 0.448. The number of ether oxygens (including phenoxy) is 2. The number of thioether (sulfide) groups is 1. The number of unbranched alkanes of at least 4 members (excludes halogenated alkanes) is 1. The highest BCUT2D eigenvalue weighted by Crippen LogP contribution is 1.94. The van der Waals surface area contributed by atoms with Gasteiger partial charge in [0.25, 0.3) is 0 Å². The van der Waals surface area contributed by atoms with Crippen molar-refractivity contribution in [1.82, 2.24) is 10.6 Å². The molecular formula is C15H34N2O2S. The molecule has 0 radical (unpaired) electrons. The maximum absolute atomic E-state index is 5.37. The van der Waals surface area contributed by atoms with Crippen LogP contribution in [0.25, 0.3) is 0 Å². The predicted octanol–water partition coefficient (Wildman–Crippen LogP) is 2.49. The molecule has 122 valence electrons. The Morgan fingerprint density at radius 3 is 2.25 bits per heavy atom. The van der Waals surface area contributed by atoms with Gasteiger partial charge >= 0.3 is 0 Å². The molecule has 0 aromatic rings. The highest BCUT2D eigenvalue weighted by molar-refractivity contribution is 7.99. The summed E-state index contributed by atoms with van der Waals surface area (Å²) in [6.07, 6.45) is 4.54. The molecule has 2 N–H and O–H groups in total. The molecule has 4 nitrogen and oxygen atoms in total. The lowest BCUT2D eigenvalue weighted by molar-refractivity contribution is -0.0542. The van der Waals surface area contributed by atoms with Crippen LogP contribution in [0.4, 0.5) is 0 Å². The van der Waals surface area contributed by atoms with Gasteiger partial charge in [-0.3, -0.25) is 0 Å². The SMILES string of the molecule is CCCOCOCCCCNCCCNCCSCC. The average Bonchev–Trinajstić information content (AvgIpc) is 2.47. The van der Waals surface area contributed by atoms with Crippen LogP contribution in [0.5, 0.6) is 0 Å². The maximum Gasteiger partial charge on any atom is 0.146 e. The summed E-state index contributed by atoms with van der Waals surface area (Å²) in [6, 6.07) is 0. The van der Waals surface area contributed by atoms with Gasteiger partial charge in [0.1, 0.15) is 6.79 Å². The van der Waals surface area contributed by atoms with Gasteiger partial charge in [0, 0.05) is 25.5 Å². The summed E-state index contributed by atoms with van der Waals surface area (Å²) in [5.41, 5.74) is 0. The van der Waals surface area contributed by atoms with E-state index < -0.39 is 0 Å². The molecule has 0 aliphatic carbocycles. The van der Waals surface area contributed by atoms with Crippen LogP contribution >= 0.6 is 11.8 Å². The van der Waals surface area contributed by atoms with Crippen LogP contribution in [-0.4, -0.2) is 57.7 Å². The van der Waals surface area contributed by atoms with E-state index >= 15 is 0 Å². The van der Waals surface area contributed by atoms with Crippen molar-refractivity contribution in [3.63, 3.8) is 0 Å². The van der Waals surface area contributed by atoms with Gasteiger partial charge in [-0.05, 0) is 51.1 Å². The summed E-state index contributed by atoms with van der Waals surface area (Å²) in [4.78, 5) is 0. The second kappa shape index (κ2) is 19.2. The minimum Gasteiger partial charge on any atom is -0.355 e. The molecule has 0 aromatic heterocycles. The first-order chi connectivity index (χ1) is 9.91. The molecule has 0 fully saturated rings. The number of nitrogens with one attached hydrogen (secondary N) is 2. The van der Waals surface area contributed by atoms with Gasteiger partial charge in [0.15, 0.2) is 0 Å². The van der Waals surface area contributed by atoms with Crippen LogP contribution in [0.15, 0.2) is 0 Å². The van der Waals surface area contributed by atoms with Crippen molar-refractivity contribution in [2.24, 2.45) is 0 Å². The molecular weight excluding hydrogens is 272 g/mol. The van der Waals surface area contributed by atoms with Crippen LogP contribution in [0.1, 0.15) is 39.5 Å². The summed E-state index contributed by atoms with van der Waals surface area (Å²) in [6.45, 7) is 10.8. The Kier molecular flexibility index (Phi) is 19.4. The standard InChI is InChI=1S/C15H34N2O2S/c1-3-12-18-15-19-13-6-5-8-16-9-7-10-17-11-14-20-4-2/h16-17H,3-15H2,1-2H3. The summed E-state index contributed by atoms with van der Waals surface area (Å²) < 4.78 is 10.6. The fourth-order valence-electron chi connectivity index (χ4n) is 1.65. The molecule has 5 heteroatoms. The molecule has 0 unspecified atom stereocenters. The molecule has 0 aromatic carbocycles. The van der Waals surface area contributed by atoms with Crippen molar-refractivity contribution in [3.8, 4) is 0 Å². The Labute approximate surface area is 129 Å². The first-order valence-electron chi connectivity index (χ1n) is 8.06. The third-order valence-corrected chi connectivity index (χ3v) is 3.64. The quantitative estimate of drug-likeness (QED) is 0.319. The monoisotopic (exact) mass is 306 g/mol. The van der Waals surface area contributed by atoms with Gasteiger partial charge in [-0.25, -0.2) is 0 Å². The smallest absolute Gasteiger partial charge is 0.146 e. The van der Waals surface area contributed by atoms with Gasteiger partial charge in [-0.1, -0.05) is 13.8 Å². The van der Waals surface area contributed by atoms with Crippen molar-refractivity contribution in [2.45, 2.75) is 39.5 Å². The Hall–Kier alpha value is 0.190. The Balaban J connectivity index is 2.89. The molecule has 0 spiro atoms.